The maximum Gasteiger partial charge on any atom is 0.225 e. The molecule has 3 rings (SSSR count). The highest BCUT2D eigenvalue weighted by atomic mass is 32.2. The van der Waals surface area contributed by atoms with Gasteiger partial charge in [0.2, 0.25) is 15.9 Å². The van der Waals surface area contributed by atoms with Gasteiger partial charge in [-0.25, -0.2) is 13.1 Å². The van der Waals surface area contributed by atoms with Crippen molar-refractivity contribution in [3.05, 3.63) is 24.2 Å². The molecule has 0 spiro atoms. The maximum atomic E-state index is 11.9. The molecule has 1 aliphatic heterocycles. The Morgan fingerprint density at radius 2 is 2.19 bits per heavy atom. The molecule has 2 atom stereocenters. The molecule has 2 aliphatic rings. The zero-order valence-corrected chi connectivity index (χ0v) is 12.8. The minimum Gasteiger partial charge on any atom is -0.468 e. The van der Waals surface area contributed by atoms with E-state index in [2.05, 4.69) is 11.6 Å². The van der Waals surface area contributed by atoms with Gasteiger partial charge in [0.25, 0.3) is 0 Å². The predicted molar refractivity (Wildman–Crippen MR) is 76.7 cm³/mol. The highest BCUT2D eigenvalue weighted by molar-refractivity contribution is 7.89. The molecule has 1 aliphatic carbocycles. The van der Waals surface area contributed by atoms with Crippen LogP contribution in [0, 0.1) is 17.8 Å². The number of amides is 1. The monoisotopic (exact) mass is 312 g/mol. The largest absolute Gasteiger partial charge is 0.468 e. The van der Waals surface area contributed by atoms with Crippen molar-refractivity contribution in [2.75, 3.05) is 18.8 Å². The van der Waals surface area contributed by atoms with Crippen LogP contribution in [0.25, 0.3) is 0 Å². The molecule has 7 heteroatoms. The van der Waals surface area contributed by atoms with Gasteiger partial charge in [-0.15, -0.1) is 0 Å². The van der Waals surface area contributed by atoms with E-state index >= 15 is 0 Å². The summed E-state index contributed by atoms with van der Waals surface area (Å²) >= 11 is 0. The Hall–Kier alpha value is -1.34. The van der Waals surface area contributed by atoms with Crippen LogP contribution in [0.1, 0.15) is 19.1 Å². The van der Waals surface area contributed by atoms with Crippen molar-refractivity contribution in [3.8, 4) is 0 Å². The number of hydrogen-bond acceptors (Lipinski definition) is 4. The Balaban J connectivity index is 1.42. The molecule has 2 heterocycles. The molecule has 0 radical (unpaired) electrons. The van der Waals surface area contributed by atoms with Gasteiger partial charge in [-0.1, -0.05) is 6.92 Å². The lowest BCUT2D eigenvalue weighted by atomic mass is 10.0. The third-order valence-electron chi connectivity index (χ3n) is 4.20. The topological polar surface area (TPSA) is 79.6 Å². The van der Waals surface area contributed by atoms with Crippen LogP contribution in [0.4, 0.5) is 0 Å². The summed E-state index contributed by atoms with van der Waals surface area (Å²) in [4.78, 5) is 13.7. The van der Waals surface area contributed by atoms with Crippen LogP contribution in [-0.4, -0.2) is 38.1 Å². The van der Waals surface area contributed by atoms with E-state index in [-0.39, 0.29) is 30.0 Å². The molecule has 2 fully saturated rings. The van der Waals surface area contributed by atoms with Crippen LogP contribution in [0.3, 0.4) is 0 Å². The van der Waals surface area contributed by atoms with Crippen molar-refractivity contribution in [2.24, 2.45) is 17.8 Å². The lowest BCUT2D eigenvalue weighted by Gasteiger charge is -2.39. The van der Waals surface area contributed by atoms with Crippen LogP contribution in [0.2, 0.25) is 0 Å². The van der Waals surface area contributed by atoms with E-state index in [0.717, 1.165) is 6.42 Å². The number of nitrogens with one attached hydrogen (secondary N) is 1. The van der Waals surface area contributed by atoms with E-state index < -0.39 is 10.0 Å². The number of nitrogens with zero attached hydrogens (tertiary/aromatic N) is 1. The second-order valence-electron chi connectivity index (χ2n) is 6.11. The fourth-order valence-electron chi connectivity index (χ4n) is 2.72. The van der Waals surface area contributed by atoms with Gasteiger partial charge >= 0.3 is 0 Å². The number of furan rings is 1. The summed E-state index contributed by atoms with van der Waals surface area (Å²) in [5.41, 5.74) is 0. The van der Waals surface area contributed by atoms with E-state index in [0.29, 0.717) is 24.8 Å². The van der Waals surface area contributed by atoms with Crippen LogP contribution in [0.15, 0.2) is 22.8 Å². The third-order valence-corrected chi connectivity index (χ3v) is 5.69. The van der Waals surface area contributed by atoms with Crippen LogP contribution < -0.4 is 4.72 Å². The zero-order valence-electron chi connectivity index (χ0n) is 12.0. The first-order valence-electron chi connectivity index (χ1n) is 7.23. The number of sulfonamides is 1. The predicted octanol–water partition coefficient (Wildman–Crippen LogP) is 0.813. The summed E-state index contributed by atoms with van der Waals surface area (Å²) in [6, 6.07) is 3.45. The Labute approximate surface area is 124 Å². The summed E-state index contributed by atoms with van der Waals surface area (Å²) in [5.74, 6) is 1.57. The molecule has 1 saturated carbocycles. The molecular formula is C14H20N2O4S. The second-order valence-corrected chi connectivity index (χ2v) is 7.96. The molecule has 6 nitrogen and oxygen atoms in total. The summed E-state index contributed by atoms with van der Waals surface area (Å²) in [5, 5.41) is 0. The average molecular weight is 312 g/mol. The van der Waals surface area contributed by atoms with Crippen molar-refractivity contribution >= 4 is 15.9 Å². The lowest BCUT2D eigenvalue weighted by molar-refractivity contribution is -0.138. The molecule has 1 aromatic heterocycles. The van der Waals surface area contributed by atoms with Crippen LogP contribution >= 0.6 is 0 Å². The molecule has 0 unspecified atom stereocenters. The number of hydrogen-bond donors (Lipinski definition) is 1. The molecule has 1 aromatic rings. The third kappa shape index (κ3) is 3.47. The van der Waals surface area contributed by atoms with E-state index in [1.54, 1.807) is 17.0 Å². The van der Waals surface area contributed by atoms with Crippen molar-refractivity contribution in [1.29, 1.82) is 0 Å². The van der Waals surface area contributed by atoms with Gasteiger partial charge in [0, 0.05) is 24.9 Å². The highest BCUT2D eigenvalue weighted by Gasteiger charge is 2.45. The summed E-state index contributed by atoms with van der Waals surface area (Å²) in [6.07, 6.45) is 2.49. The SMILES string of the molecule is C[C@H]1C[C@H]1C(=O)N1CC(CS(=O)(=O)NCc2ccco2)C1. The fourth-order valence-corrected chi connectivity index (χ4v) is 4.03. The summed E-state index contributed by atoms with van der Waals surface area (Å²) in [7, 11) is -3.33. The minimum atomic E-state index is -3.33. The molecule has 0 bridgehead atoms. The molecule has 21 heavy (non-hydrogen) atoms. The standard InChI is InChI=1S/C14H20N2O4S/c1-10-5-13(10)14(17)16-7-11(8-16)9-21(18,19)15-6-12-3-2-4-20-12/h2-4,10-11,13,15H,5-9H2,1H3/t10-,13+/m0/s1. The Morgan fingerprint density at radius 3 is 2.76 bits per heavy atom. The lowest BCUT2D eigenvalue weighted by Crippen LogP contribution is -2.53. The number of rotatable bonds is 6. The summed E-state index contributed by atoms with van der Waals surface area (Å²) in [6.45, 7) is 3.36. The Bertz CT molecular complexity index is 605. The average Bonchev–Trinajstić information content (AvgIpc) is 2.90. The molecule has 116 valence electrons. The first-order chi connectivity index (χ1) is 9.94. The fraction of sp³-hybridized carbons (Fsp3) is 0.643. The quantitative estimate of drug-likeness (QED) is 0.843. The van der Waals surface area contributed by atoms with Crippen molar-refractivity contribution in [2.45, 2.75) is 19.9 Å². The highest BCUT2D eigenvalue weighted by Crippen LogP contribution is 2.40. The molecule has 0 aromatic carbocycles. The Kier molecular flexibility index (Phi) is 3.79. The zero-order chi connectivity index (χ0) is 15.0. The number of carbonyl (C=O) groups excluding carboxylic acids is 1. The van der Waals surface area contributed by atoms with Crippen LogP contribution in [-0.2, 0) is 21.4 Å². The smallest absolute Gasteiger partial charge is 0.225 e. The van der Waals surface area contributed by atoms with Crippen molar-refractivity contribution in [1.82, 2.24) is 9.62 Å². The molecular weight excluding hydrogens is 292 g/mol. The van der Waals surface area contributed by atoms with Crippen molar-refractivity contribution < 1.29 is 17.6 Å². The van der Waals surface area contributed by atoms with Gasteiger partial charge in [-0.3, -0.25) is 4.79 Å². The van der Waals surface area contributed by atoms with Gasteiger partial charge in [0.15, 0.2) is 0 Å². The van der Waals surface area contributed by atoms with Gasteiger partial charge in [0.1, 0.15) is 5.76 Å². The van der Waals surface area contributed by atoms with Gasteiger partial charge in [-0.2, -0.15) is 0 Å². The van der Waals surface area contributed by atoms with Gasteiger partial charge in [-0.05, 0) is 24.5 Å². The van der Waals surface area contributed by atoms with Gasteiger partial charge in [0.05, 0.1) is 18.6 Å². The van der Waals surface area contributed by atoms with Crippen LogP contribution in [0.5, 0.6) is 0 Å². The normalized spacial score (nSPS) is 25.7. The van der Waals surface area contributed by atoms with E-state index in [1.165, 1.54) is 6.26 Å². The van der Waals surface area contributed by atoms with Crippen molar-refractivity contribution in [3.63, 3.8) is 0 Å². The van der Waals surface area contributed by atoms with E-state index in [4.69, 9.17) is 4.42 Å². The van der Waals surface area contributed by atoms with E-state index in [1.807, 2.05) is 0 Å². The second kappa shape index (κ2) is 5.46. The maximum absolute atomic E-state index is 11.9. The molecule has 1 saturated heterocycles. The first-order valence-corrected chi connectivity index (χ1v) is 8.88. The Morgan fingerprint density at radius 1 is 1.48 bits per heavy atom. The molecule has 1 N–H and O–H groups in total. The number of carbonyl (C=O) groups is 1. The minimum absolute atomic E-state index is 0.0390. The van der Waals surface area contributed by atoms with E-state index in [9.17, 15) is 13.2 Å². The van der Waals surface area contributed by atoms with Gasteiger partial charge < -0.3 is 9.32 Å². The first kappa shape index (κ1) is 14.6. The summed E-state index contributed by atoms with van der Waals surface area (Å²) < 4.78 is 31.5. The number of likely N-dealkylation sites (tertiary alicyclic amines) is 1. The molecule has 1 amide bonds.